The zero-order chi connectivity index (χ0) is 22.2. The SMILES string of the molecule is CCN(CC)C(=O)c1ccc(CNC(=NC)NC2CCN(C(=O)C3CCCC3)C2)cc1. The van der Waals surface area contributed by atoms with E-state index in [-0.39, 0.29) is 17.9 Å². The lowest BCUT2D eigenvalue weighted by molar-refractivity contribution is -0.134. The summed E-state index contributed by atoms with van der Waals surface area (Å²) in [6.07, 6.45) is 5.42. The average Bonchev–Trinajstić information content (AvgIpc) is 3.50. The predicted octanol–water partition coefficient (Wildman–Crippen LogP) is 2.62. The number of nitrogens with zero attached hydrogens (tertiary/aromatic N) is 3. The van der Waals surface area contributed by atoms with Crippen LogP contribution < -0.4 is 10.6 Å². The number of rotatable bonds is 7. The molecule has 1 saturated heterocycles. The number of hydrogen-bond donors (Lipinski definition) is 2. The van der Waals surface area contributed by atoms with Crippen molar-refractivity contribution in [3.8, 4) is 0 Å². The Balaban J connectivity index is 1.46. The molecule has 0 aromatic heterocycles. The van der Waals surface area contributed by atoms with Gasteiger partial charge < -0.3 is 20.4 Å². The first-order valence-electron chi connectivity index (χ1n) is 11.7. The summed E-state index contributed by atoms with van der Waals surface area (Å²) in [5, 5.41) is 6.80. The van der Waals surface area contributed by atoms with Gasteiger partial charge in [0.25, 0.3) is 5.91 Å². The molecule has 3 rings (SSSR count). The molecule has 2 fully saturated rings. The zero-order valence-corrected chi connectivity index (χ0v) is 19.2. The van der Waals surface area contributed by atoms with Gasteiger partial charge in [0.15, 0.2) is 5.96 Å². The molecular weight excluding hydrogens is 390 g/mol. The third-order valence-electron chi connectivity index (χ3n) is 6.48. The molecule has 1 saturated carbocycles. The highest BCUT2D eigenvalue weighted by atomic mass is 16.2. The predicted molar refractivity (Wildman–Crippen MR) is 124 cm³/mol. The fourth-order valence-corrected chi connectivity index (χ4v) is 4.54. The Morgan fingerprint density at radius 3 is 2.39 bits per heavy atom. The summed E-state index contributed by atoms with van der Waals surface area (Å²) in [6, 6.07) is 7.96. The van der Waals surface area contributed by atoms with E-state index in [1.807, 2.05) is 47.9 Å². The van der Waals surface area contributed by atoms with Crippen molar-refractivity contribution >= 4 is 17.8 Å². The first kappa shape index (κ1) is 23.1. The summed E-state index contributed by atoms with van der Waals surface area (Å²) >= 11 is 0. The van der Waals surface area contributed by atoms with Gasteiger partial charge in [-0.2, -0.15) is 0 Å². The Kier molecular flexibility index (Phi) is 8.32. The molecule has 0 radical (unpaired) electrons. The third kappa shape index (κ3) is 5.99. The molecule has 2 N–H and O–H groups in total. The number of hydrogen-bond acceptors (Lipinski definition) is 3. The van der Waals surface area contributed by atoms with Crippen LogP contribution >= 0.6 is 0 Å². The van der Waals surface area contributed by atoms with Crippen LogP contribution in [0.15, 0.2) is 29.3 Å². The Hall–Kier alpha value is -2.57. The van der Waals surface area contributed by atoms with Crippen LogP contribution in [0.1, 0.15) is 61.9 Å². The van der Waals surface area contributed by atoms with Gasteiger partial charge in [0, 0.05) is 57.3 Å². The lowest BCUT2D eigenvalue weighted by Gasteiger charge is -2.21. The van der Waals surface area contributed by atoms with Gasteiger partial charge in [-0.1, -0.05) is 25.0 Å². The van der Waals surface area contributed by atoms with Crippen LogP contribution in [-0.4, -0.2) is 66.8 Å². The van der Waals surface area contributed by atoms with Crippen LogP contribution in [0.25, 0.3) is 0 Å². The van der Waals surface area contributed by atoms with E-state index >= 15 is 0 Å². The molecule has 7 nitrogen and oxygen atoms in total. The molecule has 1 aliphatic carbocycles. The number of nitrogens with one attached hydrogen (secondary N) is 2. The molecule has 1 aliphatic heterocycles. The molecule has 1 aromatic rings. The van der Waals surface area contributed by atoms with Gasteiger partial charge in [-0.05, 0) is 50.8 Å². The Bertz CT molecular complexity index is 767. The number of guanidine groups is 1. The van der Waals surface area contributed by atoms with Crippen LogP contribution in [0.4, 0.5) is 0 Å². The fraction of sp³-hybridized carbons (Fsp3) is 0.625. The summed E-state index contributed by atoms with van der Waals surface area (Å²) in [4.78, 5) is 33.3. The van der Waals surface area contributed by atoms with Crippen LogP contribution in [0.2, 0.25) is 0 Å². The van der Waals surface area contributed by atoms with Crippen molar-refractivity contribution in [2.24, 2.45) is 10.9 Å². The van der Waals surface area contributed by atoms with Crippen molar-refractivity contribution < 1.29 is 9.59 Å². The van der Waals surface area contributed by atoms with Crippen molar-refractivity contribution in [1.82, 2.24) is 20.4 Å². The average molecular weight is 428 g/mol. The molecule has 1 aromatic carbocycles. The molecule has 0 bridgehead atoms. The van der Waals surface area contributed by atoms with Gasteiger partial charge in [-0.25, -0.2) is 0 Å². The molecule has 2 amide bonds. The normalized spacial score (nSPS) is 19.5. The summed E-state index contributed by atoms with van der Waals surface area (Å²) in [5.74, 6) is 1.39. The molecular formula is C24H37N5O2. The Morgan fingerprint density at radius 1 is 1.10 bits per heavy atom. The lowest BCUT2D eigenvalue weighted by Crippen LogP contribution is -2.45. The van der Waals surface area contributed by atoms with Gasteiger partial charge in [-0.15, -0.1) is 0 Å². The summed E-state index contributed by atoms with van der Waals surface area (Å²) in [6.45, 7) is 7.61. The quantitative estimate of drug-likeness (QED) is 0.518. The minimum atomic E-state index is 0.0694. The van der Waals surface area contributed by atoms with E-state index in [9.17, 15) is 9.59 Å². The van der Waals surface area contributed by atoms with Crippen molar-refractivity contribution in [3.05, 3.63) is 35.4 Å². The van der Waals surface area contributed by atoms with Gasteiger partial charge in [0.2, 0.25) is 5.91 Å². The maximum Gasteiger partial charge on any atom is 0.253 e. The molecule has 2 aliphatic rings. The summed E-state index contributed by atoms with van der Waals surface area (Å²) in [5.41, 5.74) is 1.80. The van der Waals surface area contributed by atoms with Crippen LogP contribution in [-0.2, 0) is 11.3 Å². The van der Waals surface area contributed by atoms with E-state index in [0.29, 0.717) is 31.1 Å². The highest BCUT2D eigenvalue weighted by Crippen LogP contribution is 2.27. The first-order chi connectivity index (χ1) is 15.0. The largest absolute Gasteiger partial charge is 0.352 e. The minimum Gasteiger partial charge on any atom is -0.352 e. The second-order valence-corrected chi connectivity index (χ2v) is 8.50. The molecule has 0 spiro atoms. The van der Waals surface area contributed by atoms with Crippen molar-refractivity contribution in [1.29, 1.82) is 0 Å². The van der Waals surface area contributed by atoms with Gasteiger partial charge in [0.05, 0.1) is 0 Å². The third-order valence-corrected chi connectivity index (χ3v) is 6.48. The smallest absolute Gasteiger partial charge is 0.253 e. The maximum atomic E-state index is 12.6. The van der Waals surface area contributed by atoms with Gasteiger partial charge in [-0.3, -0.25) is 14.6 Å². The molecule has 170 valence electrons. The number of carbonyl (C=O) groups is 2. The Labute approximate surface area is 186 Å². The highest BCUT2D eigenvalue weighted by molar-refractivity contribution is 5.94. The second kappa shape index (κ2) is 11.2. The standard InChI is InChI=1S/C24H37N5O2/c1-4-28(5-2)22(30)20-12-10-18(11-13-20)16-26-24(25-3)27-21-14-15-29(17-21)23(31)19-8-6-7-9-19/h10-13,19,21H,4-9,14-17H2,1-3H3,(H2,25,26,27). The maximum absolute atomic E-state index is 12.6. The van der Waals surface area contributed by atoms with Crippen LogP contribution in [0.5, 0.6) is 0 Å². The minimum absolute atomic E-state index is 0.0694. The molecule has 1 heterocycles. The highest BCUT2D eigenvalue weighted by Gasteiger charge is 2.32. The first-order valence-corrected chi connectivity index (χ1v) is 11.7. The van der Waals surface area contributed by atoms with Gasteiger partial charge >= 0.3 is 0 Å². The molecule has 1 unspecified atom stereocenters. The number of benzene rings is 1. The van der Waals surface area contributed by atoms with E-state index in [1.54, 1.807) is 7.05 Å². The monoisotopic (exact) mass is 427 g/mol. The second-order valence-electron chi connectivity index (χ2n) is 8.50. The Morgan fingerprint density at radius 2 is 1.77 bits per heavy atom. The van der Waals surface area contributed by atoms with E-state index in [2.05, 4.69) is 15.6 Å². The molecule has 7 heteroatoms. The zero-order valence-electron chi connectivity index (χ0n) is 19.2. The topological polar surface area (TPSA) is 77.0 Å². The molecule has 31 heavy (non-hydrogen) atoms. The van der Waals surface area contributed by atoms with Crippen molar-refractivity contribution in [2.75, 3.05) is 33.2 Å². The van der Waals surface area contributed by atoms with Gasteiger partial charge in [0.1, 0.15) is 0 Å². The van der Waals surface area contributed by atoms with E-state index in [4.69, 9.17) is 0 Å². The summed E-state index contributed by atoms with van der Waals surface area (Å²) in [7, 11) is 1.76. The van der Waals surface area contributed by atoms with Crippen molar-refractivity contribution in [2.45, 2.75) is 58.5 Å². The van der Waals surface area contributed by atoms with E-state index in [1.165, 1.54) is 12.8 Å². The molecule has 1 atom stereocenters. The fourth-order valence-electron chi connectivity index (χ4n) is 4.54. The number of carbonyl (C=O) groups excluding carboxylic acids is 2. The lowest BCUT2D eigenvalue weighted by atomic mass is 10.1. The van der Waals surface area contributed by atoms with E-state index < -0.39 is 0 Å². The summed E-state index contributed by atoms with van der Waals surface area (Å²) < 4.78 is 0. The van der Waals surface area contributed by atoms with Crippen molar-refractivity contribution in [3.63, 3.8) is 0 Å². The van der Waals surface area contributed by atoms with Crippen LogP contribution in [0.3, 0.4) is 0 Å². The number of amides is 2. The van der Waals surface area contributed by atoms with Crippen LogP contribution in [0, 0.1) is 5.92 Å². The number of aliphatic imine (C=N–C) groups is 1. The number of likely N-dealkylation sites (tertiary alicyclic amines) is 1. The van der Waals surface area contributed by atoms with E-state index in [0.717, 1.165) is 43.9 Å².